The van der Waals surface area contributed by atoms with E-state index in [1.807, 2.05) is 43.3 Å². The lowest BCUT2D eigenvalue weighted by Gasteiger charge is -2.11. The largest absolute Gasteiger partial charge is 0.494 e. The summed E-state index contributed by atoms with van der Waals surface area (Å²) in [4.78, 5) is 12.0. The van der Waals surface area contributed by atoms with E-state index >= 15 is 0 Å². The number of hydrogen-bond donors (Lipinski definition) is 1. The van der Waals surface area contributed by atoms with E-state index in [2.05, 4.69) is 5.32 Å². The Morgan fingerprint density at radius 2 is 1.86 bits per heavy atom. The second-order valence-electron chi connectivity index (χ2n) is 4.62. The van der Waals surface area contributed by atoms with Crippen molar-refractivity contribution < 1.29 is 9.53 Å². The van der Waals surface area contributed by atoms with Crippen LogP contribution in [0, 0.1) is 0 Å². The Balaban J connectivity index is 1.90. The molecular weight excluding hydrogens is 286 g/mol. The first kappa shape index (κ1) is 15.4. The summed E-state index contributed by atoms with van der Waals surface area (Å²) in [5.74, 6) is 0.787. The molecule has 0 radical (unpaired) electrons. The van der Waals surface area contributed by atoms with Crippen LogP contribution in [0.3, 0.4) is 0 Å². The number of hydrogen-bond acceptors (Lipinski definition) is 2. The molecule has 0 atom stereocenters. The Morgan fingerprint density at radius 3 is 2.57 bits per heavy atom. The Kier molecular flexibility index (Phi) is 5.64. The highest BCUT2D eigenvalue weighted by Gasteiger charge is 2.06. The van der Waals surface area contributed by atoms with Gasteiger partial charge in [-0.25, -0.2) is 0 Å². The van der Waals surface area contributed by atoms with Crippen LogP contribution in [-0.2, 0) is 17.8 Å². The zero-order chi connectivity index (χ0) is 15.1. The van der Waals surface area contributed by atoms with E-state index in [1.54, 1.807) is 12.1 Å². The highest BCUT2D eigenvalue weighted by molar-refractivity contribution is 6.30. The van der Waals surface area contributed by atoms with Gasteiger partial charge in [0.15, 0.2) is 0 Å². The van der Waals surface area contributed by atoms with Crippen molar-refractivity contribution >= 4 is 17.5 Å². The molecule has 0 heterocycles. The van der Waals surface area contributed by atoms with Gasteiger partial charge >= 0.3 is 0 Å². The van der Waals surface area contributed by atoms with Gasteiger partial charge in [0, 0.05) is 17.1 Å². The van der Waals surface area contributed by atoms with Gasteiger partial charge in [0.1, 0.15) is 5.75 Å². The van der Waals surface area contributed by atoms with Gasteiger partial charge < -0.3 is 10.1 Å². The SMILES string of the molecule is CCOc1ccccc1CNC(=O)Cc1ccc(Cl)cc1. The fourth-order valence-corrected chi connectivity index (χ4v) is 2.12. The monoisotopic (exact) mass is 303 g/mol. The molecular formula is C17H18ClNO2. The normalized spacial score (nSPS) is 10.2. The molecule has 0 saturated heterocycles. The number of carbonyl (C=O) groups excluding carboxylic acids is 1. The van der Waals surface area contributed by atoms with Crippen molar-refractivity contribution in [1.29, 1.82) is 0 Å². The van der Waals surface area contributed by atoms with Gasteiger partial charge in [0.05, 0.1) is 13.0 Å². The smallest absolute Gasteiger partial charge is 0.224 e. The molecule has 4 heteroatoms. The van der Waals surface area contributed by atoms with Gasteiger partial charge in [-0.05, 0) is 30.7 Å². The minimum Gasteiger partial charge on any atom is -0.494 e. The molecule has 0 unspecified atom stereocenters. The first-order valence-electron chi connectivity index (χ1n) is 6.91. The summed E-state index contributed by atoms with van der Waals surface area (Å²) in [7, 11) is 0. The zero-order valence-corrected chi connectivity index (χ0v) is 12.7. The average Bonchev–Trinajstić information content (AvgIpc) is 2.49. The highest BCUT2D eigenvalue weighted by atomic mass is 35.5. The van der Waals surface area contributed by atoms with E-state index in [9.17, 15) is 4.79 Å². The molecule has 0 aliphatic heterocycles. The molecule has 110 valence electrons. The first-order chi connectivity index (χ1) is 10.2. The van der Waals surface area contributed by atoms with E-state index < -0.39 is 0 Å². The van der Waals surface area contributed by atoms with E-state index in [0.29, 0.717) is 24.6 Å². The standard InChI is InChI=1S/C17H18ClNO2/c1-2-21-16-6-4-3-5-14(16)12-19-17(20)11-13-7-9-15(18)10-8-13/h3-10H,2,11-12H2,1H3,(H,19,20). The van der Waals surface area contributed by atoms with Crippen LogP contribution in [0.2, 0.25) is 5.02 Å². The summed E-state index contributed by atoms with van der Waals surface area (Å²) in [6.07, 6.45) is 0.341. The Labute approximate surface area is 129 Å². The molecule has 0 aliphatic carbocycles. The van der Waals surface area contributed by atoms with Crippen molar-refractivity contribution in [3.8, 4) is 5.75 Å². The molecule has 21 heavy (non-hydrogen) atoms. The van der Waals surface area contributed by atoms with Crippen LogP contribution >= 0.6 is 11.6 Å². The first-order valence-corrected chi connectivity index (χ1v) is 7.28. The van der Waals surface area contributed by atoms with Crippen LogP contribution in [0.15, 0.2) is 48.5 Å². The van der Waals surface area contributed by atoms with Crippen molar-refractivity contribution in [2.24, 2.45) is 0 Å². The van der Waals surface area contributed by atoms with Crippen LogP contribution in [0.25, 0.3) is 0 Å². The fraction of sp³-hybridized carbons (Fsp3) is 0.235. The summed E-state index contributed by atoms with van der Waals surface area (Å²) in [5.41, 5.74) is 1.92. The molecule has 3 nitrogen and oxygen atoms in total. The maximum Gasteiger partial charge on any atom is 0.224 e. The molecule has 0 bridgehead atoms. The molecule has 0 aromatic heterocycles. The number of ether oxygens (including phenoxy) is 1. The minimum absolute atomic E-state index is 0.0244. The maximum absolute atomic E-state index is 12.0. The predicted molar refractivity (Wildman–Crippen MR) is 84.6 cm³/mol. The molecule has 1 N–H and O–H groups in total. The summed E-state index contributed by atoms with van der Waals surface area (Å²) in [6.45, 7) is 3.01. The Morgan fingerprint density at radius 1 is 1.14 bits per heavy atom. The molecule has 2 rings (SSSR count). The van der Waals surface area contributed by atoms with Crippen molar-refractivity contribution in [3.05, 3.63) is 64.7 Å². The Hall–Kier alpha value is -2.00. The number of halogens is 1. The predicted octanol–water partition coefficient (Wildman–Crippen LogP) is 3.60. The minimum atomic E-state index is -0.0244. The second-order valence-corrected chi connectivity index (χ2v) is 5.06. The topological polar surface area (TPSA) is 38.3 Å². The summed E-state index contributed by atoms with van der Waals surface area (Å²) in [6, 6.07) is 15.0. The average molecular weight is 304 g/mol. The van der Waals surface area contributed by atoms with Crippen molar-refractivity contribution in [1.82, 2.24) is 5.32 Å². The zero-order valence-electron chi connectivity index (χ0n) is 11.9. The number of amides is 1. The summed E-state index contributed by atoms with van der Waals surface area (Å²) in [5, 5.41) is 3.58. The lowest BCUT2D eigenvalue weighted by atomic mass is 10.1. The van der Waals surface area contributed by atoms with Crippen LogP contribution in [0.1, 0.15) is 18.1 Å². The van der Waals surface area contributed by atoms with Gasteiger partial charge in [0.2, 0.25) is 5.91 Å². The lowest BCUT2D eigenvalue weighted by molar-refractivity contribution is -0.120. The number of benzene rings is 2. The molecule has 0 saturated carbocycles. The number of rotatable bonds is 6. The molecule has 2 aromatic rings. The van der Waals surface area contributed by atoms with Crippen LogP contribution in [0.4, 0.5) is 0 Å². The molecule has 0 aliphatic rings. The second kappa shape index (κ2) is 7.70. The van der Waals surface area contributed by atoms with E-state index in [1.165, 1.54) is 0 Å². The quantitative estimate of drug-likeness (QED) is 0.885. The molecule has 0 spiro atoms. The molecule has 0 fully saturated rings. The van der Waals surface area contributed by atoms with Gasteiger partial charge in [-0.2, -0.15) is 0 Å². The van der Waals surface area contributed by atoms with Crippen LogP contribution in [0.5, 0.6) is 5.75 Å². The van der Waals surface area contributed by atoms with E-state index in [0.717, 1.165) is 16.9 Å². The maximum atomic E-state index is 12.0. The molecule has 2 aromatic carbocycles. The third kappa shape index (κ3) is 4.80. The summed E-state index contributed by atoms with van der Waals surface area (Å²) < 4.78 is 5.53. The van der Waals surface area contributed by atoms with Gasteiger partial charge in [-0.3, -0.25) is 4.79 Å². The third-order valence-electron chi connectivity index (χ3n) is 3.03. The van der Waals surface area contributed by atoms with Crippen LogP contribution in [-0.4, -0.2) is 12.5 Å². The highest BCUT2D eigenvalue weighted by Crippen LogP contribution is 2.17. The van der Waals surface area contributed by atoms with Crippen molar-refractivity contribution in [2.75, 3.05) is 6.61 Å². The molecule has 1 amide bonds. The van der Waals surface area contributed by atoms with Crippen molar-refractivity contribution in [3.63, 3.8) is 0 Å². The lowest BCUT2D eigenvalue weighted by Crippen LogP contribution is -2.24. The van der Waals surface area contributed by atoms with Crippen LogP contribution < -0.4 is 10.1 Å². The fourth-order valence-electron chi connectivity index (χ4n) is 1.99. The number of nitrogens with one attached hydrogen (secondary N) is 1. The van der Waals surface area contributed by atoms with Crippen molar-refractivity contribution in [2.45, 2.75) is 19.9 Å². The van der Waals surface area contributed by atoms with E-state index in [4.69, 9.17) is 16.3 Å². The van der Waals surface area contributed by atoms with Gasteiger partial charge in [0.25, 0.3) is 0 Å². The summed E-state index contributed by atoms with van der Waals surface area (Å²) >= 11 is 5.82. The van der Waals surface area contributed by atoms with E-state index in [-0.39, 0.29) is 5.91 Å². The number of para-hydroxylation sites is 1. The number of carbonyl (C=O) groups is 1. The van der Waals surface area contributed by atoms with Gasteiger partial charge in [-0.1, -0.05) is 41.9 Å². The third-order valence-corrected chi connectivity index (χ3v) is 3.28. The van der Waals surface area contributed by atoms with Gasteiger partial charge in [-0.15, -0.1) is 0 Å². The Bertz CT molecular complexity index is 596.